The van der Waals surface area contributed by atoms with Crippen LogP contribution in [-0.4, -0.2) is 17.1 Å². The molecule has 1 heterocycles. The first kappa shape index (κ1) is 13.6. The molecule has 0 atom stereocenters. The topological polar surface area (TPSA) is 55.0 Å². The number of halogens is 2. The Kier molecular flexibility index (Phi) is 3.86. The van der Waals surface area contributed by atoms with E-state index < -0.39 is 11.8 Å². The molecule has 6 heteroatoms. The van der Waals surface area contributed by atoms with Gasteiger partial charge in [0.05, 0.1) is 18.2 Å². The Morgan fingerprint density at radius 2 is 2.26 bits per heavy atom. The van der Waals surface area contributed by atoms with Crippen LogP contribution in [0.3, 0.4) is 0 Å². The lowest BCUT2D eigenvalue weighted by molar-refractivity contribution is 0.0515. The van der Waals surface area contributed by atoms with Crippen molar-refractivity contribution in [3.8, 4) is 6.07 Å². The molecular formula is C13H10BrFN2O2. The van der Waals surface area contributed by atoms with Crippen molar-refractivity contribution in [2.45, 2.75) is 13.5 Å². The highest BCUT2D eigenvalue weighted by molar-refractivity contribution is 9.10. The first-order valence-electron chi connectivity index (χ1n) is 5.60. The van der Waals surface area contributed by atoms with Gasteiger partial charge in [-0.3, -0.25) is 0 Å². The molecule has 19 heavy (non-hydrogen) atoms. The Morgan fingerprint density at radius 3 is 2.89 bits per heavy atom. The largest absolute Gasteiger partial charge is 0.461 e. The summed E-state index contributed by atoms with van der Waals surface area (Å²) in [7, 11) is 0. The third kappa shape index (κ3) is 2.47. The minimum absolute atomic E-state index is 0.115. The van der Waals surface area contributed by atoms with E-state index >= 15 is 0 Å². The zero-order chi connectivity index (χ0) is 14.0. The SMILES string of the molecule is CCOC(=O)c1cc2cc(Br)cc(F)c2n1CC#N. The third-order valence-electron chi connectivity index (χ3n) is 2.62. The summed E-state index contributed by atoms with van der Waals surface area (Å²) in [6.45, 7) is 1.79. The molecule has 0 aliphatic carbocycles. The molecule has 0 radical (unpaired) electrons. The average molecular weight is 325 g/mol. The van der Waals surface area contributed by atoms with Gasteiger partial charge in [0.25, 0.3) is 0 Å². The molecule has 0 spiro atoms. The van der Waals surface area contributed by atoms with Crippen LogP contribution in [0, 0.1) is 17.1 Å². The Labute approximate surface area is 117 Å². The van der Waals surface area contributed by atoms with Crippen LogP contribution in [0.1, 0.15) is 17.4 Å². The van der Waals surface area contributed by atoms with Crippen LogP contribution < -0.4 is 0 Å². The number of ether oxygens (including phenoxy) is 1. The van der Waals surface area contributed by atoms with E-state index in [-0.39, 0.29) is 24.4 Å². The molecule has 0 saturated heterocycles. The zero-order valence-corrected chi connectivity index (χ0v) is 11.7. The van der Waals surface area contributed by atoms with Crippen LogP contribution in [0.25, 0.3) is 10.9 Å². The normalized spacial score (nSPS) is 10.4. The summed E-state index contributed by atoms with van der Waals surface area (Å²) in [5.41, 5.74) is 0.406. The summed E-state index contributed by atoms with van der Waals surface area (Å²) >= 11 is 3.19. The van der Waals surface area contributed by atoms with Gasteiger partial charge in [0.15, 0.2) is 0 Å². The fraction of sp³-hybridized carbons (Fsp3) is 0.231. The number of hydrogen-bond acceptors (Lipinski definition) is 3. The van der Waals surface area contributed by atoms with Crippen molar-refractivity contribution in [1.29, 1.82) is 5.26 Å². The molecule has 98 valence electrons. The standard InChI is InChI=1S/C13H10BrFN2O2/c1-2-19-13(18)11-6-8-5-9(14)7-10(15)12(8)17(11)4-3-16/h5-7H,2,4H2,1H3. The van der Waals surface area contributed by atoms with E-state index in [1.807, 2.05) is 6.07 Å². The maximum atomic E-state index is 14.0. The van der Waals surface area contributed by atoms with Crippen molar-refractivity contribution in [1.82, 2.24) is 4.57 Å². The van der Waals surface area contributed by atoms with Gasteiger partial charge in [-0.05, 0) is 25.1 Å². The molecule has 0 bridgehead atoms. The lowest BCUT2D eigenvalue weighted by atomic mass is 10.2. The molecule has 0 saturated carbocycles. The Hall–Kier alpha value is -1.87. The number of carbonyl (C=O) groups is 1. The number of benzene rings is 1. The molecule has 1 aromatic carbocycles. The van der Waals surface area contributed by atoms with E-state index in [9.17, 15) is 9.18 Å². The first-order chi connectivity index (χ1) is 9.08. The Bertz CT molecular complexity index is 688. The number of nitrogens with zero attached hydrogens (tertiary/aromatic N) is 2. The second kappa shape index (κ2) is 5.41. The number of aromatic nitrogens is 1. The van der Waals surface area contributed by atoms with Gasteiger partial charge in [0.2, 0.25) is 0 Å². The Balaban J connectivity index is 2.71. The van der Waals surface area contributed by atoms with Crippen molar-refractivity contribution in [2.24, 2.45) is 0 Å². The van der Waals surface area contributed by atoms with E-state index in [1.165, 1.54) is 16.7 Å². The van der Waals surface area contributed by atoms with Crippen LogP contribution >= 0.6 is 15.9 Å². The monoisotopic (exact) mass is 324 g/mol. The van der Waals surface area contributed by atoms with Crippen molar-refractivity contribution in [3.05, 3.63) is 34.2 Å². The first-order valence-corrected chi connectivity index (χ1v) is 6.40. The van der Waals surface area contributed by atoms with E-state index in [2.05, 4.69) is 15.9 Å². The van der Waals surface area contributed by atoms with E-state index in [0.29, 0.717) is 9.86 Å². The lowest BCUT2D eigenvalue weighted by Crippen LogP contribution is -2.12. The van der Waals surface area contributed by atoms with Crippen molar-refractivity contribution in [3.63, 3.8) is 0 Å². The highest BCUT2D eigenvalue weighted by atomic mass is 79.9. The summed E-state index contributed by atoms with van der Waals surface area (Å²) in [4.78, 5) is 11.8. The van der Waals surface area contributed by atoms with Gasteiger partial charge in [0, 0.05) is 9.86 Å². The fourth-order valence-electron chi connectivity index (χ4n) is 1.94. The molecule has 0 amide bonds. The van der Waals surface area contributed by atoms with E-state index in [0.717, 1.165) is 0 Å². The summed E-state index contributed by atoms with van der Waals surface area (Å²) in [5.74, 6) is -1.06. The molecule has 0 aliphatic heterocycles. The quantitative estimate of drug-likeness (QED) is 0.814. The van der Waals surface area contributed by atoms with Gasteiger partial charge < -0.3 is 9.30 Å². The number of rotatable bonds is 3. The second-order valence-corrected chi connectivity index (χ2v) is 4.74. The summed E-state index contributed by atoms with van der Waals surface area (Å²) in [6.07, 6.45) is 0. The fourth-order valence-corrected chi connectivity index (χ4v) is 2.38. The van der Waals surface area contributed by atoms with Crippen molar-refractivity contribution >= 4 is 32.8 Å². The van der Waals surface area contributed by atoms with Gasteiger partial charge in [-0.15, -0.1) is 0 Å². The molecule has 0 unspecified atom stereocenters. The molecular weight excluding hydrogens is 315 g/mol. The molecule has 0 N–H and O–H groups in total. The van der Waals surface area contributed by atoms with Crippen LogP contribution in [0.2, 0.25) is 0 Å². The van der Waals surface area contributed by atoms with Gasteiger partial charge in [-0.1, -0.05) is 15.9 Å². The minimum Gasteiger partial charge on any atom is -0.461 e. The van der Waals surface area contributed by atoms with Crippen LogP contribution in [0.15, 0.2) is 22.7 Å². The van der Waals surface area contributed by atoms with E-state index in [1.54, 1.807) is 13.0 Å². The predicted octanol–water partition coefficient (Wildman–Crippen LogP) is 3.24. The summed E-state index contributed by atoms with van der Waals surface area (Å²) < 4.78 is 20.8. The maximum absolute atomic E-state index is 14.0. The van der Waals surface area contributed by atoms with Crippen LogP contribution in [0.5, 0.6) is 0 Å². The maximum Gasteiger partial charge on any atom is 0.355 e. The molecule has 2 rings (SSSR count). The molecule has 1 aromatic heterocycles. The molecule has 0 fully saturated rings. The molecule has 0 aliphatic rings. The second-order valence-electron chi connectivity index (χ2n) is 3.82. The highest BCUT2D eigenvalue weighted by Gasteiger charge is 2.19. The number of esters is 1. The van der Waals surface area contributed by atoms with Crippen molar-refractivity contribution in [2.75, 3.05) is 6.61 Å². The van der Waals surface area contributed by atoms with Gasteiger partial charge in [-0.25, -0.2) is 9.18 Å². The minimum atomic E-state index is -0.565. The predicted molar refractivity (Wildman–Crippen MR) is 71.2 cm³/mol. The summed E-state index contributed by atoms with van der Waals surface area (Å²) in [6, 6.07) is 6.43. The number of nitriles is 1. The Morgan fingerprint density at radius 1 is 1.53 bits per heavy atom. The number of fused-ring (bicyclic) bond motifs is 1. The summed E-state index contributed by atoms with van der Waals surface area (Å²) in [5, 5.41) is 9.37. The highest BCUT2D eigenvalue weighted by Crippen LogP contribution is 2.27. The van der Waals surface area contributed by atoms with Crippen LogP contribution in [-0.2, 0) is 11.3 Å². The van der Waals surface area contributed by atoms with Crippen LogP contribution in [0.4, 0.5) is 4.39 Å². The van der Waals surface area contributed by atoms with E-state index in [4.69, 9.17) is 10.00 Å². The number of carbonyl (C=O) groups excluding carboxylic acids is 1. The molecule has 4 nitrogen and oxygen atoms in total. The zero-order valence-electron chi connectivity index (χ0n) is 10.1. The van der Waals surface area contributed by atoms with Gasteiger partial charge in [0.1, 0.15) is 18.1 Å². The lowest BCUT2D eigenvalue weighted by Gasteiger charge is -2.06. The van der Waals surface area contributed by atoms with Crippen molar-refractivity contribution < 1.29 is 13.9 Å². The van der Waals surface area contributed by atoms with Gasteiger partial charge >= 0.3 is 5.97 Å². The molecule has 2 aromatic rings. The smallest absolute Gasteiger partial charge is 0.355 e. The average Bonchev–Trinajstić information content (AvgIpc) is 2.69. The van der Waals surface area contributed by atoms with Gasteiger partial charge in [-0.2, -0.15) is 5.26 Å². The third-order valence-corrected chi connectivity index (χ3v) is 3.08. The number of hydrogen-bond donors (Lipinski definition) is 0.